The summed E-state index contributed by atoms with van der Waals surface area (Å²) in [6.07, 6.45) is -0.130. The molecule has 1 aromatic carbocycles. The molecular weight excluding hydrogens is 326 g/mol. The average Bonchev–Trinajstić information content (AvgIpc) is 2.61. The third-order valence-electron chi connectivity index (χ3n) is 3.96. The zero-order valence-corrected chi connectivity index (χ0v) is 14.3. The Kier molecular flexibility index (Phi) is 6.27. The van der Waals surface area contributed by atoms with Crippen LogP contribution in [0.25, 0.3) is 0 Å². The molecule has 25 heavy (non-hydrogen) atoms. The number of hydrogen-bond donors (Lipinski definition) is 0. The van der Waals surface area contributed by atoms with E-state index in [1.165, 1.54) is 4.90 Å². The topological polar surface area (TPSA) is 90.0 Å². The van der Waals surface area contributed by atoms with Crippen LogP contribution in [-0.2, 0) is 23.9 Å². The number of benzene rings is 1. The van der Waals surface area contributed by atoms with Gasteiger partial charge in [0.1, 0.15) is 12.0 Å². The molecule has 0 N–H and O–H groups in total. The molecule has 0 aromatic heterocycles. The van der Waals surface area contributed by atoms with E-state index in [2.05, 4.69) is 0 Å². The Morgan fingerprint density at radius 2 is 1.64 bits per heavy atom. The Balaban J connectivity index is 2.28. The maximum Gasteiger partial charge on any atom is 0.328 e. The van der Waals surface area contributed by atoms with E-state index < -0.39 is 35.6 Å². The molecule has 1 aliphatic rings. The van der Waals surface area contributed by atoms with Crippen molar-refractivity contribution >= 4 is 23.6 Å². The van der Waals surface area contributed by atoms with Gasteiger partial charge in [0.15, 0.2) is 5.78 Å². The summed E-state index contributed by atoms with van der Waals surface area (Å²) in [7, 11) is 0. The molecule has 0 spiro atoms. The van der Waals surface area contributed by atoms with Gasteiger partial charge in [0, 0.05) is 5.56 Å². The Bertz CT molecular complexity index is 657. The highest BCUT2D eigenvalue weighted by Gasteiger charge is 2.44. The quantitative estimate of drug-likeness (QED) is 0.587. The van der Waals surface area contributed by atoms with E-state index in [1.54, 1.807) is 44.2 Å². The number of amides is 1. The van der Waals surface area contributed by atoms with Gasteiger partial charge < -0.3 is 14.4 Å². The van der Waals surface area contributed by atoms with Gasteiger partial charge in [-0.05, 0) is 32.4 Å². The van der Waals surface area contributed by atoms with E-state index in [-0.39, 0.29) is 26.2 Å². The van der Waals surface area contributed by atoms with Crippen LogP contribution >= 0.6 is 0 Å². The van der Waals surface area contributed by atoms with Gasteiger partial charge in [0.2, 0.25) is 0 Å². The Morgan fingerprint density at radius 3 is 2.24 bits per heavy atom. The number of carbonyl (C=O) groups excluding carboxylic acids is 4. The van der Waals surface area contributed by atoms with E-state index in [0.717, 1.165) is 0 Å². The first kappa shape index (κ1) is 18.6. The van der Waals surface area contributed by atoms with Crippen LogP contribution in [-0.4, -0.2) is 54.3 Å². The third kappa shape index (κ3) is 4.23. The van der Waals surface area contributed by atoms with Crippen LogP contribution in [0.15, 0.2) is 30.3 Å². The zero-order valence-electron chi connectivity index (χ0n) is 14.3. The summed E-state index contributed by atoms with van der Waals surface area (Å²) in [6, 6.07) is 7.36. The summed E-state index contributed by atoms with van der Waals surface area (Å²) in [5, 5.41) is 0. The highest BCUT2D eigenvalue weighted by Crippen LogP contribution is 2.24. The minimum atomic E-state index is -1.06. The number of nitrogens with zero attached hydrogens (tertiary/aromatic N) is 1. The molecular formula is C18H21NO6. The fourth-order valence-electron chi connectivity index (χ4n) is 2.76. The number of hydrogen-bond acceptors (Lipinski definition) is 6. The van der Waals surface area contributed by atoms with Crippen molar-refractivity contribution in [2.24, 2.45) is 5.92 Å². The molecule has 1 amide bonds. The Labute approximate surface area is 145 Å². The van der Waals surface area contributed by atoms with Crippen LogP contribution in [0.1, 0.15) is 30.6 Å². The molecule has 1 aromatic rings. The van der Waals surface area contributed by atoms with Crippen LogP contribution in [0.2, 0.25) is 0 Å². The molecule has 1 heterocycles. The molecule has 1 aliphatic heterocycles. The largest absolute Gasteiger partial charge is 0.465 e. The molecule has 7 nitrogen and oxygen atoms in total. The van der Waals surface area contributed by atoms with E-state index in [0.29, 0.717) is 5.56 Å². The van der Waals surface area contributed by atoms with Gasteiger partial charge >= 0.3 is 11.9 Å². The van der Waals surface area contributed by atoms with Crippen molar-refractivity contribution in [1.29, 1.82) is 0 Å². The summed E-state index contributed by atoms with van der Waals surface area (Å²) >= 11 is 0. The van der Waals surface area contributed by atoms with E-state index in [1.807, 2.05) is 0 Å². The molecule has 0 saturated carbocycles. The van der Waals surface area contributed by atoms with E-state index in [4.69, 9.17) is 9.47 Å². The van der Waals surface area contributed by atoms with Gasteiger partial charge in [-0.3, -0.25) is 14.4 Å². The lowest BCUT2D eigenvalue weighted by molar-refractivity contribution is -0.158. The molecule has 1 fully saturated rings. The van der Waals surface area contributed by atoms with Crippen LogP contribution in [0.4, 0.5) is 0 Å². The fraction of sp³-hybridized carbons (Fsp3) is 0.444. The molecule has 7 heteroatoms. The van der Waals surface area contributed by atoms with Crippen molar-refractivity contribution in [2.45, 2.75) is 26.3 Å². The summed E-state index contributed by atoms with van der Waals surface area (Å²) in [5.74, 6) is -3.26. The van der Waals surface area contributed by atoms with Gasteiger partial charge in [0.05, 0.1) is 19.8 Å². The fourth-order valence-corrected chi connectivity index (χ4v) is 2.76. The molecule has 134 valence electrons. The van der Waals surface area contributed by atoms with Crippen molar-refractivity contribution in [3.05, 3.63) is 35.9 Å². The summed E-state index contributed by atoms with van der Waals surface area (Å²) in [5.41, 5.74) is 0.360. The molecule has 1 saturated heterocycles. The molecule has 2 atom stereocenters. The number of rotatable bonds is 5. The minimum absolute atomic E-state index is 0.130. The van der Waals surface area contributed by atoms with Gasteiger partial charge in [-0.2, -0.15) is 0 Å². The van der Waals surface area contributed by atoms with Gasteiger partial charge in [-0.15, -0.1) is 0 Å². The smallest absolute Gasteiger partial charge is 0.328 e. The van der Waals surface area contributed by atoms with Crippen LogP contribution in [0.3, 0.4) is 0 Å². The second-order valence-corrected chi connectivity index (χ2v) is 5.57. The highest BCUT2D eigenvalue weighted by atomic mass is 16.5. The predicted octanol–water partition coefficient (Wildman–Crippen LogP) is 1.21. The number of piperidine rings is 1. The maximum atomic E-state index is 12.7. The lowest BCUT2D eigenvalue weighted by Gasteiger charge is -2.36. The van der Waals surface area contributed by atoms with Crippen LogP contribution in [0.5, 0.6) is 0 Å². The minimum Gasteiger partial charge on any atom is -0.465 e. The predicted molar refractivity (Wildman–Crippen MR) is 87.6 cm³/mol. The highest BCUT2D eigenvalue weighted by molar-refractivity contribution is 6.06. The number of carbonyl (C=O) groups is 4. The zero-order chi connectivity index (χ0) is 18.4. The van der Waals surface area contributed by atoms with Crippen molar-refractivity contribution in [1.82, 2.24) is 4.90 Å². The van der Waals surface area contributed by atoms with Crippen molar-refractivity contribution in [3.8, 4) is 0 Å². The van der Waals surface area contributed by atoms with Crippen molar-refractivity contribution in [3.63, 3.8) is 0 Å². The molecule has 0 aliphatic carbocycles. The summed E-state index contributed by atoms with van der Waals surface area (Å²) in [6.45, 7) is 3.23. The number of Topliss-reactive ketones (excluding diaryl/α,β-unsaturated/α-hetero) is 1. The van der Waals surface area contributed by atoms with Crippen LogP contribution in [0, 0.1) is 5.92 Å². The summed E-state index contributed by atoms with van der Waals surface area (Å²) < 4.78 is 9.93. The lowest BCUT2D eigenvalue weighted by atomic mass is 9.89. The van der Waals surface area contributed by atoms with Gasteiger partial charge in [0.25, 0.3) is 5.91 Å². The number of ketones is 1. The molecule has 2 unspecified atom stereocenters. The third-order valence-corrected chi connectivity index (χ3v) is 3.96. The van der Waals surface area contributed by atoms with E-state index in [9.17, 15) is 19.2 Å². The molecule has 0 radical (unpaired) electrons. The average molecular weight is 347 g/mol. The first-order valence-corrected chi connectivity index (χ1v) is 8.21. The normalized spacial score (nSPS) is 20.1. The standard InChI is InChI=1S/C18H21NO6/c1-3-24-17(22)13-10-14(18(23)25-4-2)19(11-15(13)20)16(21)12-8-6-5-7-9-12/h5-9,13-14H,3-4,10-11H2,1-2H3. The molecule has 2 rings (SSSR count). The first-order valence-electron chi connectivity index (χ1n) is 8.21. The maximum absolute atomic E-state index is 12.7. The number of esters is 2. The molecule has 0 bridgehead atoms. The Morgan fingerprint density at radius 1 is 1.04 bits per heavy atom. The van der Waals surface area contributed by atoms with Gasteiger partial charge in [-0.1, -0.05) is 18.2 Å². The second kappa shape index (κ2) is 8.41. The first-order chi connectivity index (χ1) is 12.0. The summed E-state index contributed by atoms with van der Waals surface area (Å²) in [4.78, 5) is 50.5. The van der Waals surface area contributed by atoms with Crippen molar-refractivity contribution < 1.29 is 28.7 Å². The number of ether oxygens (including phenoxy) is 2. The second-order valence-electron chi connectivity index (χ2n) is 5.57. The van der Waals surface area contributed by atoms with Crippen molar-refractivity contribution in [2.75, 3.05) is 19.8 Å². The Hall–Kier alpha value is -2.70. The van der Waals surface area contributed by atoms with E-state index >= 15 is 0 Å². The monoisotopic (exact) mass is 347 g/mol. The van der Waals surface area contributed by atoms with Gasteiger partial charge in [-0.25, -0.2) is 4.79 Å². The lowest BCUT2D eigenvalue weighted by Crippen LogP contribution is -2.55. The SMILES string of the molecule is CCOC(=O)C1CC(C(=O)OCC)N(C(=O)c2ccccc2)CC1=O. The number of likely N-dealkylation sites (tertiary alicyclic amines) is 1. The van der Waals surface area contributed by atoms with Crippen LogP contribution < -0.4 is 0 Å².